The number of esters is 1. The van der Waals surface area contributed by atoms with Crippen molar-refractivity contribution in [2.75, 3.05) is 27.3 Å². The van der Waals surface area contributed by atoms with Crippen LogP contribution in [0.25, 0.3) is 43.6 Å². The smallest absolute Gasteiger partial charge is 0.407 e. The number of carbonyl (C=O) groups excluding carboxylic acids is 4. The average Bonchev–Trinajstić information content (AvgIpc) is 4.16. The number of allylic oxidation sites excluding steroid dienone is 1. The molecule has 4 heterocycles. The topological polar surface area (TPSA) is 151 Å². The fraction of sp³-hybridized carbons (Fsp3) is 0.340. The van der Waals surface area contributed by atoms with Crippen LogP contribution in [0.3, 0.4) is 0 Å². The lowest BCUT2D eigenvalue weighted by atomic mass is 9.92. The van der Waals surface area contributed by atoms with Crippen LogP contribution >= 0.6 is 0 Å². The van der Waals surface area contributed by atoms with Crippen molar-refractivity contribution in [3.63, 3.8) is 0 Å². The second-order valence-electron chi connectivity index (χ2n) is 16.8. The van der Waals surface area contributed by atoms with E-state index in [1.807, 2.05) is 61.3 Å². The second-order valence-corrected chi connectivity index (χ2v) is 16.8. The average molecular weight is 846 g/mol. The number of aliphatic imine (C=N–C) groups is 1. The summed E-state index contributed by atoms with van der Waals surface area (Å²) in [7, 11) is 2.61. The Hall–Kier alpha value is -7.07. The van der Waals surface area contributed by atoms with Crippen molar-refractivity contribution < 1.29 is 28.7 Å². The molecular formula is C50H51N7O6. The number of aromatic nitrogens is 2. The Labute approximate surface area is 367 Å². The number of hydrogen-bond acceptors (Lipinski definition) is 8. The van der Waals surface area contributed by atoms with Gasteiger partial charge < -0.3 is 34.4 Å². The van der Waals surface area contributed by atoms with Crippen molar-refractivity contribution in [1.82, 2.24) is 25.1 Å². The fourth-order valence-electron chi connectivity index (χ4n) is 9.10. The SMILES string of the molecule is [C-]#[N+][C@@H]1C[C@@H](c2ncc(-c3ccc4cc(-c5ccc(C6=CN=C([C@@H]7CCCN7C(=O)[C@H](CC(=O)OC)c7ccccc7)C6)cc5)ccc4c3)[nH]2)N(C(=O)[C@@H](NC(=O)OC)C(C)C)C1. The van der Waals surface area contributed by atoms with Crippen molar-refractivity contribution in [1.29, 1.82) is 0 Å². The van der Waals surface area contributed by atoms with Crippen molar-refractivity contribution in [2.45, 2.75) is 76.0 Å². The number of amides is 3. The monoisotopic (exact) mass is 845 g/mol. The van der Waals surface area contributed by atoms with Crippen LogP contribution in [-0.4, -0.2) is 94.8 Å². The van der Waals surface area contributed by atoms with Gasteiger partial charge in [0, 0.05) is 30.4 Å². The van der Waals surface area contributed by atoms with Gasteiger partial charge in [0.15, 0.2) is 0 Å². The Morgan fingerprint density at radius 2 is 1.56 bits per heavy atom. The molecule has 2 fully saturated rings. The second kappa shape index (κ2) is 18.5. The van der Waals surface area contributed by atoms with Gasteiger partial charge in [0.25, 0.3) is 0 Å². The quantitative estimate of drug-likeness (QED) is 0.0947. The van der Waals surface area contributed by atoms with E-state index < -0.39 is 30.1 Å². The van der Waals surface area contributed by atoms with Gasteiger partial charge in [-0.1, -0.05) is 92.7 Å². The predicted octanol–water partition coefficient (Wildman–Crippen LogP) is 8.36. The van der Waals surface area contributed by atoms with Crippen LogP contribution in [0.1, 0.15) is 74.9 Å². The predicted molar refractivity (Wildman–Crippen MR) is 241 cm³/mol. The van der Waals surface area contributed by atoms with E-state index in [1.165, 1.54) is 14.2 Å². The Morgan fingerprint density at radius 1 is 0.857 bits per heavy atom. The molecule has 0 radical (unpaired) electrons. The van der Waals surface area contributed by atoms with Gasteiger partial charge in [-0.3, -0.25) is 19.4 Å². The molecule has 5 aromatic rings. The number of benzene rings is 4. The number of fused-ring (bicyclic) bond motifs is 1. The normalized spacial score (nSPS) is 19.3. The number of rotatable bonds is 12. The molecule has 0 spiro atoms. The summed E-state index contributed by atoms with van der Waals surface area (Å²) in [5, 5.41) is 4.80. The van der Waals surface area contributed by atoms with Crippen LogP contribution in [0.5, 0.6) is 0 Å². The molecule has 0 saturated carbocycles. The first-order valence-electron chi connectivity index (χ1n) is 21.4. The highest BCUT2D eigenvalue weighted by Crippen LogP contribution is 2.37. The first-order valence-corrected chi connectivity index (χ1v) is 21.4. The van der Waals surface area contributed by atoms with Gasteiger partial charge in [-0.15, -0.1) is 0 Å². The number of methoxy groups -OCH3 is 2. The number of ether oxygens (including phenoxy) is 2. The summed E-state index contributed by atoms with van der Waals surface area (Å²) < 4.78 is 9.72. The zero-order valence-electron chi connectivity index (χ0n) is 35.9. The van der Waals surface area contributed by atoms with Gasteiger partial charge in [0.2, 0.25) is 17.9 Å². The van der Waals surface area contributed by atoms with Crippen LogP contribution in [0.15, 0.2) is 108 Å². The number of likely N-dealkylation sites (tertiary alicyclic amines) is 2. The van der Waals surface area contributed by atoms with Crippen molar-refractivity contribution in [3.8, 4) is 22.4 Å². The van der Waals surface area contributed by atoms with E-state index in [0.29, 0.717) is 25.2 Å². The third kappa shape index (κ3) is 8.98. The summed E-state index contributed by atoms with van der Waals surface area (Å²) in [6.07, 6.45) is 5.81. The van der Waals surface area contributed by atoms with E-state index in [9.17, 15) is 19.2 Å². The first kappa shape index (κ1) is 42.6. The van der Waals surface area contributed by atoms with E-state index in [2.05, 4.69) is 74.7 Å². The minimum atomic E-state index is -0.801. The zero-order chi connectivity index (χ0) is 44.2. The summed E-state index contributed by atoms with van der Waals surface area (Å²) in [4.78, 5) is 72.5. The molecule has 3 amide bonds. The minimum Gasteiger partial charge on any atom is -0.469 e. The maximum atomic E-state index is 14.0. The minimum absolute atomic E-state index is 0.00681. The molecule has 0 unspecified atom stereocenters. The van der Waals surface area contributed by atoms with Gasteiger partial charge in [-0.25, -0.2) is 16.4 Å². The van der Waals surface area contributed by atoms with Gasteiger partial charge in [0.1, 0.15) is 11.9 Å². The van der Waals surface area contributed by atoms with E-state index >= 15 is 0 Å². The maximum Gasteiger partial charge on any atom is 0.407 e. The maximum absolute atomic E-state index is 14.0. The highest BCUT2D eigenvalue weighted by Gasteiger charge is 2.44. The molecule has 3 aliphatic rings. The van der Waals surface area contributed by atoms with E-state index in [1.54, 1.807) is 11.1 Å². The lowest BCUT2D eigenvalue weighted by Gasteiger charge is -2.29. The molecular weight excluding hydrogens is 795 g/mol. The number of imidazole rings is 1. The number of nitrogens with one attached hydrogen (secondary N) is 2. The lowest BCUT2D eigenvalue weighted by Crippen LogP contribution is -2.51. The number of aromatic amines is 1. The third-order valence-electron chi connectivity index (χ3n) is 12.6. The number of alkyl carbamates (subject to hydrolysis) is 1. The molecule has 3 aliphatic heterocycles. The van der Waals surface area contributed by atoms with Crippen LogP contribution in [0.2, 0.25) is 0 Å². The molecule has 8 rings (SSSR count). The molecule has 0 aliphatic carbocycles. The first-order chi connectivity index (χ1) is 30.5. The Morgan fingerprint density at radius 3 is 2.25 bits per heavy atom. The van der Waals surface area contributed by atoms with Gasteiger partial charge in [0.05, 0.1) is 63.5 Å². The van der Waals surface area contributed by atoms with Crippen LogP contribution in [-0.2, 0) is 23.9 Å². The molecule has 2 N–H and O–H groups in total. The standard InChI is InChI=1S/C50H51N7O6/c1-30(2)46(55-50(61)63-5)49(60)57-29-39(51-3)25-44(57)47-53-28-42(54-47)37-20-19-35-22-34(17-18-36(35)23-37)31-13-15-32(16-14-31)38-24-41(52-27-38)43-12-9-21-56(43)48(59)40(26-45(58)62-4)33-10-7-6-8-11-33/h6-8,10-11,13-20,22-23,27-28,30,39-40,43-44,46H,9,12,21,24-26,29H2,1-2,4-5H3,(H,53,54)(H,55,61)/t39-,40-,43+,44+,46+/m1/s1. The van der Waals surface area contributed by atoms with E-state index in [0.717, 1.165) is 68.4 Å². The summed E-state index contributed by atoms with van der Waals surface area (Å²) >= 11 is 0. The van der Waals surface area contributed by atoms with Crippen molar-refractivity contribution in [2.24, 2.45) is 10.9 Å². The Balaban J connectivity index is 0.926. The van der Waals surface area contributed by atoms with Crippen LogP contribution in [0, 0.1) is 12.5 Å². The molecule has 2 saturated heterocycles. The number of hydrogen-bond donors (Lipinski definition) is 2. The highest BCUT2D eigenvalue weighted by atomic mass is 16.5. The number of carbonyl (C=O) groups is 4. The molecule has 13 heteroatoms. The Kier molecular flexibility index (Phi) is 12.5. The molecule has 1 aromatic heterocycles. The molecule has 0 bridgehead atoms. The third-order valence-corrected chi connectivity index (χ3v) is 12.6. The molecule has 13 nitrogen and oxygen atoms in total. The molecule has 4 aromatic carbocycles. The molecule has 322 valence electrons. The van der Waals surface area contributed by atoms with E-state index in [4.69, 9.17) is 21.0 Å². The van der Waals surface area contributed by atoms with Gasteiger partial charge in [-0.2, -0.15) is 0 Å². The van der Waals surface area contributed by atoms with E-state index in [-0.39, 0.29) is 42.8 Å². The highest BCUT2D eigenvalue weighted by molar-refractivity contribution is 6.04. The zero-order valence-corrected chi connectivity index (χ0v) is 35.9. The fourth-order valence-corrected chi connectivity index (χ4v) is 9.10. The number of H-pyrrole nitrogens is 1. The lowest BCUT2D eigenvalue weighted by molar-refractivity contribution is -0.144. The number of nitrogens with zero attached hydrogens (tertiary/aromatic N) is 5. The summed E-state index contributed by atoms with van der Waals surface area (Å²) in [6, 6.07) is 28.9. The molecule has 63 heavy (non-hydrogen) atoms. The van der Waals surface area contributed by atoms with Crippen LogP contribution in [0.4, 0.5) is 4.79 Å². The van der Waals surface area contributed by atoms with Crippen LogP contribution < -0.4 is 5.32 Å². The summed E-state index contributed by atoms with van der Waals surface area (Å²) in [6.45, 7) is 12.3. The van der Waals surface area contributed by atoms with Crippen molar-refractivity contribution >= 4 is 45.9 Å². The van der Waals surface area contributed by atoms with Gasteiger partial charge >= 0.3 is 12.1 Å². The molecule has 5 atom stereocenters. The van der Waals surface area contributed by atoms with Crippen molar-refractivity contribution in [3.05, 3.63) is 132 Å². The summed E-state index contributed by atoms with van der Waals surface area (Å²) in [5.41, 5.74) is 7.88. The van der Waals surface area contributed by atoms with Gasteiger partial charge in [-0.05, 0) is 69.5 Å². The Bertz CT molecular complexity index is 2630. The largest absolute Gasteiger partial charge is 0.469 e. The summed E-state index contributed by atoms with van der Waals surface area (Å²) in [5.74, 6) is -0.952.